The summed E-state index contributed by atoms with van der Waals surface area (Å²) in [6, 6.07) is -0.408. The van der Waals surface area contributed by atoms with Crippen molar-refractivity contribution in [1.29, 1.82) is 0 Å². The Morgan fingerprint density at radius 1 is 1.38 bits per heavy atom. The van der Waals surface area contributed by atoms with Crippen LogP contribution in [0.4, 0.5) is 0 Å². The Kier molecular flexibility index (Phi) is 4.52. The number of furan rings is 1. The van der Waals surface area contributed by atoms with Gasteiger partial charge in [0.15, 0.2) is 0 Å². The largest absolute Gasteiger partial charge is 0.465 e. The van der Waals surface area contributed by atoms with Crippen LogP contribution in [0, 0.1) is 20.8 Å². The molecule has 1 unspecified atom stereocenters. The molecule has 0 aliphatic heterocycles. The summed E-state index contributed by atoms with van der Waals surface area (Å²) in [5, 5.41) is 2.61. The summed E-state index contributed by atoms with van der Waals surface area (Å²) in [4.78, 5) is 4.44. The van der Waals surface area contributed by atoms with Crippen molar-refractivity contribution in [3.05, 3.63) is 33.2 Å². The normalized spacial score (nSPS) is 13.6. The molecule has 2 aromatic rings. The van der Waals surface area contributed by atoms with Crippen molar-refractivity contribution in [2.75, 3.05) is 0 Å². The zero-order valence-electron chi connectivity index (χ0n) is 12.4. The summed E-state index contributed by atoms with van der Waals surface area (Å²) in [5.74, 6) is 0.885. The number of aryl methyl sites for hydroxylation is 3. The van der Waals surface area contributed by atoms with Gasteiger partial charge in [0, 0.05) is 23.2 Å². The number of nitrogens with two attached hydrogens (primary N) is 1. The second-order valence-corrected chi connectivity index (χ2v) is 7.44. The van der Waals surface area contributed by atoms with E-state index >= 15 is 0 Å². The molecule has 3 N–H and O–H groups in total. The first-order valence-corrected chi connectivity index (χ1v) is 8.85. The fraction of sp³-hybridized carbons (Fsp3) is 0.462. The van der Waals surface area contributed by atoms with Crippen LogP contribution < -0.4 is 10.5 Å². The molecule has 1 atom stereocenters. The van der Waals surface area contributed by atoms with Gasteiger partial charge in [0.2, 0.25) is 10.0 Å². The van der Waals surface area contributed by atoms with Crippen molar-refractivity contribution in [2.24, 2.45) is 5.73 Å². The monoisotopic (exact) mass is 329 g/mol. The number of hydrogen-bond acceptors (Lipinski definition) is 6. The molecule has 0 saturated heterocycles. The number of nitrogens with one attached hydrogen (secondary N) is 1. The quantitative estimate of drug-likeness (QED) is 0.876. The predicted molar refractivity (Wildman–Crippen MR) is 81.7 cm³/mol. The highest BCUT2D eigenvalue weighted by atomic mass is 32.2. The molecule has 0 aliphatic carbocycles. The first-order valence-electron chi connectivity index (χ1n) is 6.49. The van der Waals surface area contributed by atoms with Crippen molar-refractivity contribution in [2.45, 2.75) is 45.2 Å². The van der Waals surface area contributed by atoms with Gasteiger partial charge in [-0.25, -0.2) is 18.1 Å². The Balaban J connectivity index is 2.35. The van der Waals surface area contributed by atoms with E-state index < -0.39 is 16.1 Å². The van der Waals surface area contributed by atoms with Crippen LogP contribution in [0.5, 0.6) is 0 Å². The Hall–Kier alpha value is -1.22. The minimum atomic E-state index is -3.71. The van der Waals surface area contributed by atoms with Crippen LogP contribution in [0.1, 0.15) is 40.8 Å². The third-order valence-corrected chi connectivity index (χ3v) is 6.02. The van der Waals surface area contributed by atoms with Gasteiger partial charge in [0.05, 0.1) is 6.04 Å². The molecular formula is C13H19N3O3S2. The molecule has 0 saturated carbocycles. The summed E-state index contributed by atoms with van der Waals surface area (Å²) < 4.78 is 33.2. The van der Waals surface area contributed by atoms with Gasteiger partial charge in [0.1, 0.15) is 21.4 Å². The molecule has 0 radical (unpaired) electrons. The van der Waals surface area contributed by atoms with Crippen LogP contribution in [-0.2, 0) is 16.6 Å². The molecule has 2 aromatic heterocycles. The van der Waals surface area contributed by atoms with E-state index in [0.29, 0.717) is 17.1 Å². The van der Waals surface area contributed by atoms with Gasteiger partial charge in [-0.15, -0.1) is 11.3 Å². The van der Waals surface area contributed by atoms with E-state index in [0.717, 1.165) is 10.7 Å². The molecule has 2 heterocycles. The topological polar surface area (TPSA) is 98.2 Å². The minimum absolute atomic E-state index is 0.115. The van der Waals surface area contributed by atoms with Gasteiger partial charge in [0.25, 0.3) is 0 Å². The van der Waals surface area contributed by atoms with Crippen LogP contribution in [0.3, 0.4) is 0 Å². The third-order valence-electron chi connectivity index (χ3n) is 3.14. The second-order valence-electron chi connectivity index (χ2n) is 4.90. The van der Waals surface area contributed by atoms with E-state index in [1.807, 2.05) is 12.3 Å². The molecule has 21 heavy (non-hydrogen) atoms. The lowest BCUT2D eigenvalue weighted by Gasteiger charge is -2.12. The van der Waals surface area contributed by atoms with Crippen molar-refractivity contribution < 1.29 is 12.8 Å². The Labute approximate surface area is 128 Å². The smallest absolute Gasteiger partial charge is 0.245 e. The minimum Gasteiger partial charge on any atom is -0.465 e. The van der Waals surface area contributed by atoms with Crippen molar-refractivity contribution >= 4 is 21.4 Å². The van der Waals surface area contributed by atoms with Crippen LogP contribution in [0.2, 0.25) is 0 Å². The average Bonchev–Trinajstić information content (AvgIpc) is 2.92. The highest BCUT2D eigenvalue weighted by Gasteiger charge is 2.28. The van der Waals surface area contributed by atoms with Crippen LogP contribution >= 0.6 is 11.3 Å². The molecule has 0 aliphatic rings. The zero-order valence-corrected chi connectivity index (χ0v) is 14.1. The van der Waals surface area contributed by atoms with Gasteiger partial charge in [-0.05, 0) is 27.7 Å². The molecule has 116 valence electrons. The molecule has 0 aromatic carbocycles. The Morgan fingerprint density at radius 2 is 2.05 bits per heavy atom. The molecule has 0 fully saturated rings. The fourth-order valence-electron chi connectivity index (χ4n) is 2.21. The zero-order chi connectivity index (χ0) is 15.8. The molecule has 8 heteroatoms. The van der Waals surface area contributed by atoms with E-state index in [4.69, 9.17) is 10.2 Å². The summed E-state index contributed by atoms with van der Waals surface area (Å²) >= 11 is 1.43. The number of hydrogen-bond donors (Lipinski definition) is 2. The summed E-state index contributed by atoms with van der Waals surface area (Å²) in [5.41, 5.74) is 7.03. The van der Waals surface area contributed by atoms with Crippen LogP contribution in [0.25, 0.3) is 0 Å². The highest BCUT2D eigenvalue weighted by molar-refractivity contribution is 7.89. The first kappa shape index (κ1) is 16.2. The maximum atomic E-state index is 12.6. The number of thiazole rings is 1. The molecule has 2 rings (SSSR count). The number of aromatic nitrogens is 1. The molecule has 0 spiro atoms. The maximum absolute atomic E-state index is 12.6. The average molecular weight is 329 g/mol. The van der Waals surface area contributed by atoms with E-state index in [2.05, 4.69) is 9.71 Å². The number of rotatable bonds is 5. The molecule has 6 nitrogen and oxygen atoms in total. The molecule has 0 bridgehead atoms. The summed E-state index contributed by atoms with van der Waals surface area (Å²) in [7, 11) is -3.71. The third kappa shape index (κ3) is 3.18. The standard InChI is InChI=1S/C13H19N3O3S2/c1-7-6-20-13(15-7)8(2)16-21(17,18)12-10(4)19-9(3)11(12)5-14/h6,8,16H,5,14H2,1-4H3. The summed E-state index contributed by atoms with van der Waals surface area (Å²) in [6.07, 6.45) is 0. The van der Waals surface area contributed by atoms with Crippen LogP contribution in [-0.4, -0.2) is 13.4 Å². The maximum Gasteiger partial charge on any atom is 0.245 e. The lowest BCUT2D eigenvalue weighted by molar-refractivity contribution is 0.493. The number of sulfonamides is 1. The van der Waals surface area contributed by atoms with Gasteiger partial charge in [-0.2, -0.15) is 0 Å². The predicted octanol–water partition coefficient (Wildman–Crippen LogP) is 2.16. The van der Waals surface area contributed by atoms with Gasteiger partial charge >= 0.3 is 0 Å². The van der Waals surface area contributed by atoms with Crippen LogP contribution in [0.15, 0.2) is 14.7 Å². The van der Waals surface area contributed by atoms with E-state index in [1.165, 1.54) is 11.3 Å². The van der Waals surface area contributed by atoms with Crippen molar-refractivity contribution in [3.63, 3.8) is 0 Å². The van der Waals surface area contributed by atoms with Crippen molar-refractivity contribution in [1.82, 2.24) is 9.71 Å². The lowest BCUT2D eigenvalue weighted by atomic mass is 10.2. The van der Waals surface area contributed by atoms with E-state index in [-0.39, 0.29) is 11.4 Å². The van der Waals surface area contributed by atoms with E-state index in [1.54, 1.807) is 20.8 Å². The van der Waals surface area contributed by atoms with Gasteiger partial charge in [-0.3, -0.25) is 0 Å². The Bertz CT molecular complexity index is 747. The van der Waals surface area contributed by atoms with E-state index in [9.17, 15) is 8.42 Å². The molecule has 0 amide bonds. The summed E-state index contributed by atoms with van der Waals surface area (Å²) in [6.45, 7) is 7.09. The van der Waals surface area contributed by atoms with Crippen molar-refractivity contribution in [3.8, 4) is 0 Å². The Morgan fingerprint density at radius 3 is 2.57 bits per heavy atom. The van der Waals surface area contributed by atoms with Gasteiger partial charge < -0.3 is 10.2 Å². The first-order chi connectivity index (χ1) is 9.76. The highest BCUT2D eigenvalue weighted by Crippen LogP contribution is 2.28. The number of nitrogens with zero attached hydrogens (tertiary/aromatic N) is 1. The second kappa shape index (κ2) is 5.88. The fourth-order valence-corrected chi connectivity index (χ4v) is 4.76. The SMILES string of the molecule is Cc1csc(C(C)NS(=O)(=O)c2c(C)oc(C)c2CN)n1. The molecular weight excluding hydrogens is 310 g/mol. The van der Waals surface area contributed by atoms with Gasteiger partial charge in [-0.1, -0.05) is 0 Å². The lowest BCUT2D eigenvalue weighted by Crippen LogP contribution is -2.28.